The summed E-state index contributed by atoms with van der Waals surface area (Å²) in [4.78, 5) is 23.7. The van der Waals surface area contributed by atoms with Crippen LogP contribution in [0.1, 0.15) is 16.8 Å². The maximum Gasteiger partial charge on any atom is 0.339 e. The van der Waals surface area contributed by atoms with Crippen LogP contribution in [0.3, 0.4) is 0 Å². The van der Waals surface area contributed by atoms with Crippen molar-refractivity contribution in [1.82, 2.24) is 0 Å². The van der Waals surface area contributed by atoms with E-state index in [0.717, 1.165) is 5.69 Å². The van der Waals surface area contributed by atoms with E-state index in [2.05, 4.69) is 10.6 Å². The molecule has 0 unspecified atom stereocenters. The first-order chi connectivity index (χ1) is 11.5. The maximum absolute atomic E-state index is 12.0. The van der Waals surface area contributed by atoms with Gasteiger partial charge < -0.3 is 15.4 Å². The molecule has 7 heteroatoms. The van der Waals surface area contributed by atoms with Gasteiger partial charge >= 0.3 is 5.97 Å². The lowest BCUT2D eigenvalue weighted by Gasteiger charge is -2.10. The predicted molar refractivity (Wildman–Crippen MR) is 96.0 cm³/mol. The summed E-state index contributed by atoms with van der Waals surface area (Å²) in [6.07, 6.45) is 0.218. The zero-order valence-electron chi connectivity index (χ0n) is 12.9. The van der Waals surface area contributed by atoms with E-state index in [9.17, 15) is 9.59 Å². The number of hydrogen-bond donors (Lipinski definition) is 2. The average Bonchev–Trinajstić information content (AvgIpc) is 2.58. The van der Waals surface area contributed by atoms with Crippen molar-refractivity contribution in [3.63, 3.8) is 0 Å². The van der Waals surface area contributed by atoms with E-state index in [1.54, 1.807) is 42.5 Å². The van der Waals surface area contributed by atoms with Crippen LogP contribution in [0.5, 0.6) is 0 Å². The van der Waals surface area contributed by atoms with Crippen molar-refractivity contribution in [3.8, 4) is 0 Å². The normalized spacial score (nSPS) is 10.1. The predicted octanol–water partition coefficient (Wildman–Crippen LogP) is 4.22. The van der Waals surface area contributed by atoms with Gasteiger partial charge in [0, 0.05) is 18.7 Å². The van der Waals surface area contributed by atoms with Gasteiger partial charge in [0.05, 0.1) is 28.4 Å². The number of ether oxygens (including phenoxy) is 1. The summed E-state index contributed by atoms with van der Waals surface area (Å²) < 4.78 is 4.69. The molecule has 126 valence electrons. The van der Waals surface area contributed by atoms with Crippen LogP contribution in [-0.2, 0) is 9.53 Å². The van der Waals surface area contributed by atoms with Gasteiger partial charge in [-0.25, -0.2) is 4.79 Å². The van der Waals surface area contributed by atoms with Gasteiger partial charge in [0.25, 0.3) is 0 Å². The number of rotatable bonds is 6. The second-order valence-electron chi connectivity index (χ2n) is 4.89. The molecule has 0 aliphatic carbocycles. The van der Waals surface area contributed by atoms with Crippen molar-refractivity contribution in [1.29, 1.82) is 0 Å². The van der Waals surface area contributed by atoms with E-state index in [-0.39, 0.29) is 12.3 Å². The summed E-state index contributed by atoms with van der Waals surface area (Å²) in [7, 11) is 1.29. The van der Waals surface area contributed by atoms with Crippen molar-refractivity contribution in [3.05, 3.63) is 58.1 Å². The molecule has 0 aliphatic rings. The number of amides is 1. The van der Waals surface area contributed by atoms with Gasteiger partial charge in [-0.15, -0.1) is 0 Å². The van der Waals surface area contributed by atoms with E-state index in [1.165, 1.54) is 7.11 Å². The Morgan fingerprint density at radius 1 is 1.08 bits per heavy atom. The third-order valence-corrected chi connectivity index (χ3v) is 3.95. The molecule has 0 bridgehead atoms. The Bertz CT molecular complexity index is 750. The molecule has 5 nitrogen and oxygen atoms in total. The Morgan fingerprint density at radius 3 is 2.54 bits per heavy atom. The summed E-state index contributed by atoms with van der Waals surface area (Å²) in [6.45, 7) is 0.407. The Morgan fingerprint density at radius 2 is 1.83 bits per heavy atom. The van der Waals surface area contributed by atoms with Crippen LogP contribution in [-0.4, -0.2) is 25.5 Å². The molecule has 0 heterocycles. The molecule has 2 aromatic carbocycles. The van der Waals surface area contributed by atoms with E-state index in [0.29, 0.717) is 27.8 Å². The van der Waals surface area contributed by atoms with E-state index < -0.39 is 5.97 Å². The van der Waals surface area contributed by atoms with Crippen molar-refractivity contribution in [2.45, 2.75) is 6.42 Å². The van der Waals surface area contributed by atoms with Crippen molar-refractivity contribution in [2.24, 2.45) is 0 Å². The highest BCUT2D eigenvalue weighted by Gasteiger charge is 2.13. The number of esters is 1. The molecule has 2 aromatic rings. The number of carbonyl (C=O) groups is 2. The maximum atomic E-state index is 12.0. The van der Waals surface area contributed by atoms with Crippen molar-refractivity contribution >= 4 is 46.5 Å². The summed E-state index contributed by atoms with van der Waals surface area (Å²) in [5.74, 6) is -0.723. The van der Waals surface area contributed by atoms with Crippen molar-refractivity contribution in [2.75, 3.05) is 24.3 Å². The summed E-state index contributed by atoms with van der Waals surface area (Å²) in [6, 6.07) is 11.8. The lowest BCUT2D eigenvalue weighted by Crippen LogP contribution is -2.18. The highest BCUT2D eigenvalue weighted by molar-refractivity contribution is 6.42. The highest BCUT2D eigenvalue weighted by Crippen LogP contribution is 2.25. The minimum absolute atomic E-state index is 0.218. The molecule has 0 atom stereocenters. The number of methoxy groups -OCH3 is 1. The summed E-state index contributed by atoms with van der Waals surface area (Å²) >= 11 is 11.8. The van der Waals surface area contributed by atoms with Gasteiger partial charge in [0.1, 0.15) is 0 Å². The van der Waals surface area contributed by atoms with Crippen LogP contribution >= 0.6 is 23.2 Å². The van der Waals surface area contributed by atoms with Gasteiger partial charge in [-0.1, -0.05) is 35.3 Å². The summed E-state index contributed by atoms with van der Waals surface area (Å²) in [5.41, 5.74) is 1.50. The second-order valence-corrected chi connectivity index (χ2v) is 5.71. The number of halogens is 2. The molecular formula is C17H16Cl2N2O3. The molecule has 2 rings (SSSR count). The second kappa shape index (κ2) is 8.57. The van der Waals surface area contributed by atoms with Gasteiger partial charge in [0.15, 0.2) is 0 Å². The Labute approximate surface area is 149 Å². The number of nitrogens with one attached hydrogen (secondary N) is 2. The molecule has 0 aliphatic heterocycles. The number of anilines is 2. The first kappa shape index (κ1) is 18.1. The van der Waals surface area contributed by atoms with Crippen LogP contribution in [0.25, 0.3) is 0 Å². The standard InChI is InChI=1S/C17H16Cl2N2O3/c1-24-17(23)12-4-2-3-5-15(12)21-16(22)8-9-20-11-6-7-13(18)14(19)10-11/h2-7,10,20H,8-9H2,1H3,(H,21,22). The monoisotopic (exact) mass is 366 g/mol. The molecule has 0 fully saturated rings. The van der Waals surface area contributed by atoms with Gasteiger partial charge in [-0.05, 0) is 30.3 Å². The van der Waals surface area contributed by atoms with E-state index >= 15 is 0 Å². The molecule has 24 heavy (non-hydrogen) atoms. The molecule has 0 aromatic heterocycles. The number of carbonyl (C=O) groups excluding carboxylic acids is 2. The minimum atomic E-state index is -0.500. The number of hydrogen-bond acceptors (Lipinski definition) is 4. The van der Waals surface area contributed by atoms with Crippen LogP contribution in [0.4, 0.5) is 11.4 Å². The first-order valence-electron chi connectivity index (χ1n) is 7.17. The lowest BCUT2D eigenvalue weighted by atomic mass is 10.1. The Kier molecular flexibility index (Phi) is 6.46. The van der Waals surface area contributed by atoms with E-state index in [4.69, 9.17) is 27.9 Å². The quantitative estimate of drug-likeness (QED) is 0.751. The molecule has 2 N–H and O–H groups in total. The van der Waals surface area contributed by atoms with Gasteiger partial charge in [-0.2, -0.15) is 0 Å². The minimum Gasteiger partial charge on any atom is -0.465 e. The smallest absolute Gasteiger partial charge is 0.339 e. The lowest BCUT2D eigenvalue weighted by molar-refractivity contribution is -0.115. The molecule has 0 radical (unpaired) electrons. The average molecular weight is 367 g/mol. The fourth-order valence-electron chi connectivity index (χ4n) is 2.02. The molecular weight excluding hydrogens is 351 g/mol. The SMILES string of the molecule is COC(=O)c1ccccc1NC(=O)CCNc1ccc(Cl)c(Cl)c1. The molecule has 0 saturated carbocycles. The molecule has 1 amide bonds. The number of para-hydroxylation sites is 1. The van der Waals surface area contributed by atoms with Crippen LogP contribution < -0.4 is 10.6 Å². The number of benzene rings is 2. The third kappa shape index (κ3) is 4.88. The summed E-state index contributed by atoms with van der Waals surface area (Å²) in [5, 5.41) is 6.70. The van der Waals surface area contributed by atoms with Gasteiger partial charge in [0.2, 0.25) is 5.91 Å². The van der Waals surface area contributed by atoms with Crippen molar-refractivity contribution < 1.29 is 14.3 Å². The Hall–Kier alpha value is -2.24. The fourth-order valence-corrected chi connectivity index (χ4v) is 2.32. The van der Waals surface area contributed by atoms with E-state index in [1.807, 2.05) is 0 Å². The third-order valence-electron chi connectivity index (χ3n) is 3.21. The van der Waals surface area contributed by atoms with Crippen LogP contribution in [0, 0.1) is 0 Å². The molecule has 0 spiro atoms. The fraction of sp³-hybridized carbons (Fsp3) is 0.176. The largest absolute Gasteiger partial charge is 0.465 e. The van der Waals surface area contributed by atoms with Crippen LogP contribution in [0.2, 0.25) is 10.0 Å². The first-order valence-corrected chi connectivity index (χ1v) is 7.93. The molecule has 0 saturated heterocycles. The highest BCUT2D eigenvalue weighted by atomic mass is 35.5. The topological polar surface area (TPSA) is 67.4 Å². The van der Waals surface area contributed by atoms with Gasteiger partial charge in [-0.3, -0.25) is 4.79 Å². The Balaban J connectivity index is 1.90. The van der Waals surface area contributed by atoms with Crippen LogP contribution in [0.15, 0.2) is 42.5 Å². The zero-order valence-corrected chi connectivity index (χ0v) is 14.4. The zero-order chi connectivity index (χ0) is 17.5.